The lowest BCUT2D eigenvalue weighted by molar-refractivity contribution is -0.134. The van der Waals surface area contributed by atoms with Crippen molar-refractivity contribution >= 4 is 16.7 Å². The molecule has 0 saturated heterocycles. The number of rotatable bonds is 3. The second-order valence-electron chi connectivity index (χ2n) is 4.50. The van der Waals surface area contributed by atoms with Gasteiger partial charge in [0.2, 0.25) is 5.91 Å². The van der Waals surface area contributed by atoms with E-state index in [1.54, 1.807) is 0 Å². The number of fused-ring (bicyclic) bond motifs is 1. The summed E-state index contributed by atoms with van der Waals surface area (Å²) in [5.74, 6) is -0.703. The molecule has 0 aliphatic rings. The van der Waals surface area contributed by atoms with Gasteiger partial charge in [-0.15, -0.1) is 0 Å². The molecular weight excluding hydrogens is 214 g/mol. The van der Waals surface area contributed by atoms with E-state index in [1.807, 2.05) is 42.5 Å². The molecule has 3 nitrogen and oxygen atoms in total. The molecule has 3 N–H and O–H groups in total. The summed E-state index contributed by atoms with van der Waals surface area (Å²) in [6, 6.07) is 13.8. The number of amides is 1. The molecule has 0 aromatic heterocycles. The van der Waals surface area contributed by atoms with Crippen molar-refractivity contribution < 1.29 is 9.90 Å². The zero-order chi connectivity index (χ0) is 12.5. The average molecular weight is 229 g/mol. The minimum absolute atomic E-state index is 0.229. The Balaban J connectivity index is 2.34. The molecule has 0 fully saturated rings. The van der Waals surface area contributed by atoms with Gasteiger partial charge in [0.05, 0.1) is 0 Å². The first-order valence-corrected chi connectivity index (χ1v) is 5.49. The second-order valence-corrected chi connectivity index (χ2v) is 4.50. The number of hydrogen-bond acceptors (Lipinski definition) is 2. The third-order valence-corrected chi connectivity index (χ3v) is 2.89. The first-order chi connectivity index (χ1) is 7.99. The standard InChI is InChI=1S/C14H15NO2/c1-14(17,13(15)16)9-10-6-7-11-4-2-3-5-12(11)8-10/h2-8,17H,9H2,1H3,(H2,15,16). The Kier molecular flexibility index (Phi) is 2.86. The Bertz CT molecular complexity index is 561. The van der Waals surface area contributed by atoms with Gasteiger partial charge in [-0.2, -0.15) is 0 Å². The zero-order valence-electron chi connectivity index (χ0n) is 9.68. The van der Waals surface area contributed by atoms with Gasteiger partial charge in [-0.3, -0.25) is 4.79 Å². The van der Waals surface area contributed by atoms with Crippen molar-refractivity contribution in [1.82, 2.24) is 0 Å². The van der Waals surface area contributed by atoms with Crippen LogP contribution in [0.2, 0.25) is 0 Å². The van der Waals surface area contributed by atoms with Crippen LogP contribution >= 0.6 is 0 Å². The predicted molar refractivity (Wildman–Crippen MR) is 67.5 cm³/mol. The van der Waals surface area contributed by atoms with Crippen LogP contribution < -0.4 is 5.73 Å². The molecule has 17 heavy (non-hydrogen) atoms. The van der Waals surface area contributed by atoms with Crippen molar-refractivity contribution in [3.63, 3.8) is 0 Å². The summed E-state index contributed by atoms with van der Waals surface area (Å²) >= 11 is 0. The molecule has 0 bridgehead atoms. The summed E-state index contributed by atoms with van der Waals surface area (Å²) < 4.78 is 0. The SMILES string of the molecule is CC(O)(Cc1ccc2ccccc2c1)C(N)=O. The van der Waals surface area contributed by atoms with E-state index in [9.17, 15) is 9.90 Å². The second kappa shape index (κ2) is 4.18. The minimum Gasteiger partial charge on any atom is -0.380 e. The van der Waals surface area contributed by atoms with Crippen LogP contribution in [0.5, 0.6) is 0 Å². The lowest BCUT2D eigenvalue weighted by Crippen LogP contribution is -2.42. The predicted octanol–water partition coefficient (Wildman–Crippen LogP) is 1.62. The summed E-state index contributed by atoms with van der Waals surface area (Å²) in [6.07, 6.45) is 0.229. The van der Waals surface area contributed by atoms with Crippen LogP contribution in [0.25, 0.3) is 10.8 Å². The third-order valence-electron chi connectivity index (χ3n) is 2.89. The van der Waals surface area contributed by atoms with E-state index in [0.717, 1.165) is 16.3 Å². The molecule has 1 atom stereocenters. The highest BCUT2D eigenvalue weighted by molar-refractivity contribution is 5.85. The van der Waals surface area contributed by atoms with Crippen molar-refractivity contribution in [2.75, 3.05) is 0 Å². The van der Waals surface area contributed by atoms with Crippen molar-refractivity contribution in [3.8, 4) is 0 Å². The van der Waals surface area contributed by atoms with Gasteiger partial charge < -0.3 is 10.8 Å². The van der Waals surface area contributed by atoms with Crippen LogP contribution in [0.3, 0.4) is 0 Å². The molecule has 0 heterocycles. The van der Waals surface area contributed by atoms with E-state index in [0.29, 0.717) is 0 Å². The summed E-state index contributed by atoms with van der Waals surface area (Å²) in [6.45, 7) is 1.44. The highest BCUT2D eigenvalue weighted by Crippen LogP contribution is 2.19. The monoisotopic (exact) mass is 229 g/mol. The van der Waals surface area contributed by atoms with E-state index in [-0.39, 0.29) is 6.42 Å². The van der Waals surface area contributed by atoms with Gasteiger partial charge in [0.1, 0.15) is 5.60 Å². The molecule has 1 unspecified atom stereocenters. The molecule has 88 valence electrons. The Morgan fingerprint density at radius 3 is 2.53 bits per heavy atom. The largest absolute Gasteiger partial charge is 0.380 e. The van der Waals surface area contributed by atoms with Crippen molar-refractivity contribution in [3.05, 3.63) is 48.0 Å². The first kappa shape index (κ1) is 11.6. The van der Waals surface area contributed by atoms with Crippen LogP contribution in [0, 0.1) is 0 Å². The van der Waals surface area contributed by atoms with E-state index in [4.69, 9.17) is 5.73 Å². The Morgan fingerprint density at radius 2 is 1.88 bits per heavy atom. The topological polar surface area (TPSA) is 63.3 Å². The number of hydrogen-bond donors (Lipinski definition) is 2. The highest BCUT2D eigenvalue weighted by atomic mass is 16.3. The van der Waals surface area contributed by atoms with Crippen molar-refractivity contribution in [2.45, 2.75) is 18.9 Å². The lowest BCUT2D eigenvalue weighted by Gasteiger charge is -2.19. The maximum absolute atomic E-state index is 11.1. The molecule has 0 radical (unpaired) electrons. The van der Waals surface area contributed by atoms with E-state index in [1.165, 1.54) is 6.92 Å². The van der Waals surface area contributed by atoms with Crippen molar-refractivity contribution in [1.29, 1.82) is 0 Å². The fourth-order valence-corrected chi connectivity index (χ4v) is 1.83. The molecule has 3 heteroatoms. The first-order valence-electron chi connectivity index (χ1n) is 5.49. The third kappa shape index (κ3) is 2.45. The normalized spacial score (nSPS) is 14.5. The molecular formula is C14H15NO2. The van der Waals surface area contributed by atoms with Gasteiger partial charge >= 0.3 is 0 Å². The molecule has 0 aliphatic carbocycles. The fourth-order valence-electron chi connectivity index (χ4n) is 1.83. The molecule has 1 amide bonds. The Hall–Kier alpha value is -1.87. The molecule has 0 saturated carbocycles. The van der Waals surface area contributed by atoms with Gasteiger partial charge in [0.15, 0.2) is 0 Å². The van der Waals surface area contributed by atoms with E-state index >= 15 is 0 Å². The maximum atomic E-state index is 11.1. The van der Waals surface area contributed by atoms with Crippen molar-refractivity contribution in [2.24, 2.45) is 5.73 Å². The molecule has 0 aliphatic heterocycles. The van der Waals surface area contributed by atoms with Crippen LogP contribution in [0.1, 0.15) is 12.5 Å². The van der Waals surface area contributed by atoms with Gasteiger partial charge in [-0.05, 0) is 23.3 Å². The smallest absolute Gasteiger partial charge is 0.249 e. The van der Waals surface area contributed by atoms with Gasteiger partial charge in [0.25, 0.3) is 0 Å². The Labute approximate surface area is 99.9 Å². The van der Waals surface area contributed by atoms with E-state index < -0.39 is 11.5 Å². The molecule has 2 rings (SSSR count). The number of benzene rings is 2. The molecule has 2 aromatic carbocycles. The summed E-state index contributed by atoms with van der Waals surface area (Å²) in [4.78, 5) is 11.1. The fraction of sp³-hybridized carbons (Fsp3) is 0.214. The quantitative estimate of drug-likeness (QED) is 0.840. The lowest BCUT2D eigenvalue weighted by atomic mass is 9.94. The summed E-state index contributed by atoms with van der Waals surface area (Å²) in [5.41, 5.74) is 4.54. The molecule has 0 spiro atoms. The van der Waals surface area contributed by atoms with Gasteiger partial charge in [0, 0.05) is 6.42 Å². The summed E-state index contributed by atoms with van der Waals surface area (Å²) in [5, 5.41) is 12.1. The van der Waals surface area contributed by atoms with Crippen LogP contribution in [-0.2, 0) is 11.2 Å². The number of aliphatic hydroxyl groups is 1. The maximum Gasteiger partial charge on any atom is 0.249 e. The number of carbonyl (C=O) groups is 1. The zero-order valence-corrected chi connectivity index (χ0v) is 9.68. The van der Waals surface area contributed by atoms with Gasteiger partial charge in [-0.1, -0.05) is 42.5 Å². The average Bonchev–Trinajstić information content (AvgIpc) is 2.28. The highest BCUT2D eigenvalue weighted by Gasteiger charge is 2.27. The van der Waals surface area contributed by atoms with Crippen LogP contribution in [0.15, 0.2) is 42.5 Å². The van der Waals surface area contributed by atoms with Crippen LogP contribution in [-0.4, -0.2) is 16.6 Å². The van der Waals surface area contributed by atoms with E-state index in [2.05, 4.69) is 0 Å². The van der Waals surface area contributed by atoms with Gasteiger partial charge in [-0.25, -0.2) is 0 Å². The summed E-state index contributed by atoms with van der Waals surface area (Å²) in [7, 11) is 0. The number of nitrogens with two attached hydrogens (primary N) is 1. The number of primary amides is 1. The minimum atomic E-state index is -1.50. The Morgan fingerprint density at radius 1 is 1.24 bits per heavy atom. The van der Waals surface area contributed by atoms with Crippen LogP contribution in [0.4, 0.5) is 0 Å². The molecule has 2 aromatic rings. The number of carbonyl (C=O) groups excluding carboxylic acids is 1.